The summed E-state index contributed by atoms with van der Waals surface area (Å²) < 4.78 is 0. The summed E-state index contributed by atoms with van der Waals surface area (Å²) in [6.07, 6.45) is 2.57. The number of carbonyl (C=O) groups excluding carboxylic acids is 2. The molecule has 26 heavy (non-hydrogen) atoms. The standard InChI is InChI=1S/C21H26N2O2S/c1-14-8-10-17(11-9-14)20(24)23-19(12-13-26-4)21(25)22-18-7-5-6-15(2)16(18)3/h5-11,19H,12-13H2,1-4H3,(H,22,25)(H,23,24). The number of aryl methyl sites for hydroxylation is 2. The van der Waals surface area contributed by atoms with Crippen LogP contribution in [0.1, 0.15) is 33.5 Å². The second-order valence-corrected chi connectivity index (χ2v) is 7.40. The van der Waals surface area contributed by atoms with Crippen molar-refractivity contribution in [1.82, 2.24) is 5.32 Å². The molecule has 0 saturated carbocycles. The van der Waals surface area contributed by atoms with E-state index in [1.807, 2.05) is 57.4 Å². The van der Waals surface area contributed by atoms with Crippen molar-refractivity contribution in [1.29, 1.82) is 0 Å². The predicted octanol–water partition coefficient (Wildman–Crippen LogP) is 4.10. The average molecular weight is 371 g/mol. The molecule has 0 aliphatic carbocycles. The van der Waals surface area contributed by atoms with E-state index in [-0.39, 0.29) is 11.8 Å². The van der Waals surface area contributed by atoms with Crippen LogP contribution >= 0.6 is 11.8 Å². The molecule has 2 N–H and O–H groups in total. The van der Waals surface area contributed by atoms with Gasteiger partial charge in [0, 0.05) is 11.3 Å². The Labute approximate surface area is 159 Å². The highest BCUT2D eigenvalue weighted by Crippen LogP contribution is 2.18. The molecule has 1 atom stereocenters. The van der Waals surface area contributed by atoms with E-state index in [0.717, 1.165) is 28.1 Å². The first kappa shape index (κ1) is 20.0. The second-order valence-electron chi connectivity index (χ2n) is 6.41. The first-order chi connectivity index (χ1) is 12.4. The Bertz CT molecular complexity index is 772. The quantitative estimate of drug-likeness (QED) is 0.771. The summed E-state index contributed by atoms with van der Waals surface area (Å²) in [7, 11) is 0. The summed E-state index contributed by atoms with van der Waals surface area (Å²) in [6, 6.07) is 12.6. The number of hydrogen-bond donors (Lipinski definition) is 2. The van der Waals surface area contributed by atoms with Crippen molar-refractivity contribution in [2.75, 3.05) is 17.3 Å². The van der Waals surface area contributed by atoms with E-state index in [9.17, 15) is 9.59 Å². The zero-order valence-corrected chi connectivity index (χ0v) is 16.6. The van der Waals surface area contributed by atoms with E-state index in [1.54, 1.807) is 23.9 Å². The number of thioether (sulfide) groups is 1. The highest BCUT2D eigenvalue weighted by molar-refractivity contribution is 7.98. The van der Waals surface area contributed by atoms with Crippen LogP contribution in [0, 0.1) is 20.8 Å². The second kappa shape index (κ2) is 9.43. The Kier molecular flexibility index (Phi) is 7.27. The van der Waals surface area contributed by atoms with Gasteiger partial charge in [-0.1, -0.05) is 29.8 Å². The van der Waals surface area contributed by atoms with Crippen LogP contribution in [0.4, 0.5) is 5.69 Å². The lowest BCUT2D eigenvalue weighted by Crippen LogP contribution is -2.44. The number of nitrogens with one attached hydrogen (secondary N) is 2. The summed E-state index contributed by atoms with van der Waals surface area (Å²) >= 11 is 1.65. The van der Waals surface area contributed by atoms with Gasteiger partial charge in [0.25, 0.3) is 5.91 Å². The lowest BCUT2D eigenvalue weighted by molar-refractivity contribution is -0.118. The molecule has 2 aromatic rings. The number of rotatable bonds is 7. The Morgan fingerprint density at radius 2 is 1.73 bits per heavy atom. The zero-order chi connectivity index (χ0) is 19.1. The SMILES string of the molecule is CSCCC(NC(=O)c1ccc(C)cc1)C(=O)Nc1cccc(C)c1C. The Morgan fingerprint density at radius 1 is 1.04 bits per heavy atom. The smallest absolute Gasteiger partial charge is 0.251 e. The van der Waals surface area contributed by atoms with Crippen LogP contribution < -0.4 is 10.6 Å². The first-order valence-corrected chi connectivity index (χ1v) is 10.1. The third-order valence-electron chi connectivity index (χ3n) is 4.41. The molecule has 0 radical (unpaired) electrons. The Balaban J connectivity index is 2.12. The highest BCUT2D eigenvalue weighted by Gasteiger charge is 2.21. The molecule has 0 spiro atoms. The van der Waals surface area contributed by atoms with Crippen LogP contribution in [-0.4, -0.2) is 29.9 Å². The van der Waals surface area contributed by atoms with Gasteiger partial charge in [-0.05, 0) is 68.5 Å². The van der Waals surface area contributed by atoms with E-state index in [4.69, 9.17) is 0 Å². The molecule has 2 amide bonds. The first-order valence-electron chi connectivity index (χ1n) is 8.66. The molecule has 138 valence electrons. The van der Waals surface area contributed by atoms with Gasteiger partial charge in [0.2, 0.25) is 5.91 Å². The lowest BCUT2D eigenvalue weighted by Gasteiger charge is -2.19. The van der Waals surface area contributed by atoms with E-state index in [2.05, 4.69) is 10.6 Å². The molecule has 0 saturated heterocycles. The molecule has 0 aromatic heterocycles. The largest absolute Gasteiger partial charge is 0.340 e. The molecular weight excluding hydrogens is 344 g/mol. The van der Waals surface area contributed by atoms with Crippen molar-refractivity contribution in [3.63, 3.8) is 0 Å². The van der Waals surface area contributed by atoms with Crippen molar-refractivity contribution < 1.29 is 9.59 Å². The van der Waals surface area contributed by atoms with Gasteiger partial charge in [-0.3, -0.25) is 9.59 Å². The van der Waals surface area contributed by atoms with Crippen molar-refractivity contribution in [2.45, 2.75) is 33.2 Å². The topological polar surface area (TPSA) is 58.2 Å². The number of amides is 2. The predicted molar refractivity (Wildman–Crippen MR) is 110 cm³/mol. The van der Waals surface area contributed by atoms with Gasteiger partial charge in [0.15, 0.2) is 0 Å². The van der Waals surface area contributed by atoms with Gasteiger partial charge in [-0.15, -0.1) is 0 Å². The molecule has 0 heterocycles. The van der Waals surface area contributed by atoms with Crippen molar-refractivity contribution >= 4 is 29.3 Å². The third-order valence-corrected chi connectivity index (χ3v) is 5.05. The van der Waals surface area contributed by atoms with Gasteiger partial charge in [0.1, 0.15) is 6.04 Å². The van der Waals surface area contributed by atoms with Gasteiger partial charge >= 0.3 is 0 Å². The summed E-state index contributed by atoms with van der Waals surface area (Å²) in [5, 5.41) is 5.84. The molecule has 0 aliphatic heterocycles. The molecule has 5 heteroatoms. The number of benzene rings is 2. The fraction of sp³-hybridized carbons (Fsp3) is 0.333. The minimum Gasteiger partial charge on any atom is -0.340 e. The van der Waals surface area contributed by atoms with Crippen LogP contribution in [0.25, 0.3) is 0 Å². The minimum atomic E-state index is -0.573. The zero-order valence-electron chi connectivity index (χ0n) is 15.8. The van der Waals surface area contributed by atoms with E-state index < -0.39 is 6.04 Å². The molecule has 2 rings (SSSR count). The molecule has 2 aromatic carbocycles. The van der Waals surface area contributed by atoms with E-state index in [0.29, 0.717) is 12.0 Å². The Hall–Kier alpha value is -2.27. The van der Waals surface area contributed by atoms with Crippen LogP contribution in [0.3, 0.4) is 0 Å². The average Bonchev–Trinajstić information content (AvgIpc) is 2.62. The highest BCUT2D eigenvalue weighted by atomic mass is 32.2. The summed E-state index contributed by atoms with van der Waals surface area (Å²) in [5.41, 5.74) is 4.59. The van der Waals surface area contributed by atoms with Gasteiger partial charge in [0.05, 0.1) is 0 Å². The van der Waals surface area contributed by atoms with Crippen LogP contribution in [0.5, 0.6) is 0 Å². The minimum absolute atomic E-state index is 0.187. The van der Waals surface area contributed by atoms with E-state index >= 15 is 0 Å². The normalized spacial score (nSPS) is 11.7. The lowest BCUT2D eigenvalue weighted by atomic mass is 10.1. The number of carbonyl (C=O) groups is 2. The summed E-state index contributed by atoms with van der Waals surface area (Å²) in [6.45, 7) is 5.96. The number of hydrogen-bond acceptors (Lipinski definition) is 3. The monoisotopic (exact) mass is 370 g/mol. The maximum Gasteiger partial charge on any atom is 0.251 e. The fourth-order valence-electron chi connectivity index (χ4n) is 2.56. The van der Waals surface area contributed by atoms with Crippen molar-refractivity contribution in [2.24, 2.45) is 0 Å². The number of anilines is 1. The molecule has 0 aliphatic rings. The maximum atomic E-state index is 12.8. The van der Waals surface area contributed by atoms with Gasteiger partial charge in [-0.2, -0.15) is 11.8 Å². The molecule has 0 bridgehead atoms. The molecular formula is C21H26N2O2S. The summed E-state index contributed by atoms with van der Waals surface area (Å²) in [4.78, 5) is 25.3. The molecule has 4 nitrogen and oxygen atoms in total. The van der Waals surface area contributed by atoms with Gasteiger partial charge in [-0.25, -0.2) is 0 Å². The Morgan fingerprint density at radius 3 is 2.38 bits per heavy atom. The van der Waals surface area contributed by atoms with Crippen LogP contribution in [0.2, 0.25) is 0 Å². The third kappa shape index (κ3) is 5.36. The van der Waals surface area contributed by atoms with Gasteiger partial charge < -0.3 is 10.6 Å². The van der Waals surface area contributed by atoms with Crippen molar-refractivity contribution in [3.05, 3.63) is 64.7 Å². The molecule has 0 fully saturated rings. The van der Waals surface area contributed by atoms with Crippen LogP contribution in [-0.2, 0) is 4.79 Å². The fourth-order valence-corrected chi connectivity index (χ4v) is 3.03. The van der Waals surface area contributed by atoms with Crippen molar-refractivity contribution in [3.8, 4) is 0 Å². The molecule has 1 unspecified atom stereocenters. The summed E-state index contributed by atoms with van der Waals surface area (Å²) in [5.74, 6) is 0.374. The van der Waals surface area contributed by atoms with Crippen LogP contribution in [0.15, 0.2) is 42.5 Å². The maximum absolute atomic E-state index is 12.8. The van der Waals surface area contributed by atoms with E-state index in [1.165, 1.54) is 0 Å².